The van der Waals surface area contributed by atoms with E-state index in [-0.39, 0.29) is 5.75 Å². The molecule has 2 amide bonds. The second-order valence-electron chi connectivity index (χ2n) is 4.80. The molecular formula is C15H18N2O4. The van der Waals surface area contributed by atoms with Gasteiger partial charge in [-0.1, -0.05) is 19.1 Å². The van der Waals surface area contributed by atoms with Gasteiger partial charge in [0.2, 0.25) is 0 Å². The largest absolute Gasteiger partial charge is 0.508 e. The Kier molecular flexibility index (Phi) is 4.47. The minimum atomic E-state index is -0.643. The number of urea groups is 1. The first-order chi connectivity index (χ1) is 10.0. The molecule has 0 unspecified atom stereocenters. The molecule has 21 heavy (non-hydrogen) atoms. The highest BCUT2D eigenvalue weighted by molar-refractivity contribution is 5.95. The molecule has 1 aromatic rings. The van der Waals surface area contributed by atoms with Crippen molar-refractivity contribution in [3.05, 3.63) is 41.1 Å². The molecule has 1 aliphatic rings. The Morgan fingerprint density at radius 2 is 2.19 bits per heavy atom. The fourth-order valence-corrected chi connectivity index (χ4v) is 2.19. The number of esters is 1. The number of hydrogen-bond acceptors (Lipinski definition) is 4. The van der Waals surface area contributed by atoms with Crippen LogP contribution in [0.5, 0.6) is 5.75 Å². The number of phenolic OH excluding ortho intramolecular Hbond substituents is 1. The molecular weight excluding hydrogens is 272 g/mol. The third kappa shape index (κ3) is 3.34. The Labute approximate surface area is 122 Å². The maximum absolute atomic E-state index is 12.2. The van der Waals surface area contributed by atoms with Crippen LogP contribution in [0.15, 0.2) is 35.5 Å². The Hall–Kier alpha value is -2.50. The highest BCUT2D eigenvalue weighted by atomic mass is 16.5. The van der Waals surface area contributed by atoms with E-state index in [1.165, 1.54) is 12.1 Å². The van der Waals surface area contributed by atoms with Crippen LogP contribution in [0.4, 0.5) is 4.79 Å². The number of carbonyl (C=O) groups is 2. The zero-order valence-electron chi connectivity index (χ0n) is 12.0. The molecule has 0 radical (unpaired) electrons. The lowest BCUT2D eigenvalue weighted by atomic mass is 9.95. The average molecular weight is 290 g/mol. The molecule has 3 N–H and O–H groups in total. The maximum atomic E-state index is 12.2. The normalized spacial score (nSPS) is 18.0. The lowest BCUT2D eigenvalue weighted by Crippen LogP contribution is -2.45. The standard InChI is InChI=1S/C15H18N2O4/c1-3-7-21-14(19)12-9(2)16-15(20)17-13(12)10-5-4-6-11(18)8-10/h4-6,8,13,18H,3,7H2,1-2H3,(H2,16,17,20)/t13-/m1/s1. The van der Waals surface area contributed by atoms with Gasteiger partial charge in [0.15, 0.2) is 0 Å². The molecule has 112 valence electrons. The van der Waals surface area contributed by atoms with Crippen LogP contribution < -0.4 is 10.6 Å². The van der Waals surface area contributed by atoms with Gasteiger partial charge in [-0.2, -0.15) is 0 Å². The van der Waals surface area contributed by atoms with E-state index in [4.69, 9.17) is 4.74 Å². The number of allylic oxidation sites excluding steroid dienone is 1. The lowest BCUT2D eigenvalue weighted by Gasteiger charge is -2.28. The van der Waals surface area contributed by atoms with Gasteiger partial charge in [-0.05, 0) is 31.0 Å². The number of aromatic hydroxyl groups is 1. The van der Waals surface area contributed by atoms with Crippen molar-refractivity contribution in [1.29, 1.82) is 0 Å². The first kappa shape index (κ1) is 14.9. The first-order valence-electron chi connectivity index (χ1n) is 6.77. The summed E-state index contributed by atoms with van der Waals surface area (Å²) in [5.41, 5.74) is 1.41. The van der Waals surface area contributed by atoms with Crippen molar-refractivity contribution in [3.63, 3.8) is 0 Å². The summed E-state index contributed by atoms with van der Waals surface area (Å²) in [5, 5.41) is 14.8. The van der Waals surface area contributed by atoms with Crippen LogP contribution in [0, 0.1) is 0 Å². The summed E-state index contributed by atoms with van der Waals surface area (Å²) in [6.45, 7) is 3.87. The molecule has 0 spiro atoms. The van der Waals surface area contributed by atoms with Crippen molar-refractivity contribution in [2.45, 2.75) is 26.3 Å². The van der Waals surface area contributed by atoms with Crippen LogP contribution in [0.3, 0.4) is 0 Å². The first-order valence-corrected chi connectivity index (χ1v) is 6.77. The van der Waals surface area contributed by atoms with Crippen LogP contribution in [0.1, 0.15) is 31.9 Å². The van der Waals surface area contributed by atoms with Gasteiger partial charge in [0, 0.05) is 5.70 Å². The third-order valence-electron chi connectivity index (χ3n) is 3.13. The van der Waals surface area contributed by atoms with Crippen molar-refractivity contribution in [3.8, 4) is 5.75 Å². The highest BCUT2D eigenvalue weighted by Gasteiger charge is 2.32. The number of carbonyl (C=O) groups excluding carboxylic acids is 2. The number of ether oxygens (including phenoxy) is 1. The number of phenols is 1. The lowest BCUT2D eigenvalue weighted by molar-refractivity contribution is -0.139. The Bertz CT molecular complexity index is 595. The number of benzene rings is 1. The molecule has 1 aliphatic heterocycles. The smallest absolute Gasteiger partial charge is 0.338 e. The van der Waals surface area contributed by atoms with E-state index in [9.17, 15) is 14.7 Å². The zero-order chi connectivity index (χ0) is 15.4. The molecule has 0 fully saturated rings. The second-order valence-corrected chi connectivity index (χ2v) is 4.80. The highest BCUT2D eigenvalue weighted by Crippen LogP contribution is 2.29. The van der Waals surface area contributed by atoms with E-state index in [1.54, 1.807) is 19.1 Å². The van der Waals surface area contributed by atoms with Gasteiger partial charge in [0.25, 0.3) is 0 Å². The fraction of sp³-hybridized carbons (Fsp3) is 0.333. The Morgan fingerprint density at radius 3 is 2.86 bits per heavy atom. The van der Waals surface area contributed by atoms with Crippen LogP contribution in [0.25, 0.3) is 0 Å². The fourth-order valence-electron chi connectivity index (χ4n) is 2.19. The molecule has 0 saturated heterocycles. The summed E-state index contributed by atoms with van der Waals surface area (Å²) in [5.74, 6) is -0.408. The number of hydrogen-bond donors (Lipinski definition) is 3. The molecule has 0 aliphatic carbocycles. The van der Waals surface area contributed by atoms with Gasteiger partial charge in [0.05, 0.1) is 18.2 Å². The molecule has 6 heteroatoms. The van der Waals surface area contributed by atoms with Gasteiger partial charge in [-0.25, -0.2) is 9.59 Å². The Balaban J connectivity index is 2.38. The molecule has 1 heterocycles. The van der Waals surface area contributed by atoms with Gasteiger partial charge in [0.1, 0.15) is 5.75 Å². The predicted molar refractivity (Wildman–Crippen MR) is 76.5 cm³/mol. The van der Waals surface area contributed by atoms with E-state index in [2.05, 4.69) is 10.6 Å². The number of rotatable bonds is 4. The van der Waals surface area contributed by atoms with Crippen molar-refractivity contribution < 1.29 is 19.4 Å². The number of amides is 2. The van der Waals surface area contributed by atoms with Crippen molar-refractivity contribution in [1.82, 2.24) is 10.6 Å². The average Bonchev–Trinajstić information content (AvgIpc) is 2.44. The van der Waals surface area contributed by atoms with Crippen molar-refractivity contribution in [2.24, 2.45) is 0 Å². The zero-order valence-corrected chi connectivity index (χ0v) is 12.0. The molecule has 2 rings (SSSR count). The van der Waals surface area contributed by atoms with E-state index in [0.717, 1.165) is 0 Å². The van der Waals surface area contributed by atoms with Gasteiger partial charge >= 0.3 is 12.0 Å². The SMILES string of the molecule is CCCOC(=O)C1=C(C)NC(=O)N[C@@H]1c1cccc(O)c1. The molecule has 1 aromatic carbocycles. The van der Waals surface area contributed by atoms with Crippen LogP contribution in [0.2, 0.25) is 0 Å². The molecule has 0 saturated carbocycles. The monoisotopic (exact) mass is 290 g/mol. The third-order valence-corrected chi connectivity index (χ3v) is 3.13. The van der Waals surface area contributed by atoms with Crippen LogP contribution in [-0.4, -0.2) is 23.7 Å². The summed E-state index contributed by atoms with van der Waals surface area (Å²) in [6, 6.07) is 5.39. The molecule has 1 atom stereocenters. The van der Waals surface area contributed by atoms with Crippen LogP contribution >= 0.6 is 0 Å². The minimum absolute atomic E-state index is 0.0687. The maximum Gasteiger partial charge on any atom is 0.338 e. The summed E-state index contributed by atoms with van der Waals surface area (Å²) in [7, 11) is 0. The summed E-state index contributed by atoms with van der Waals surface area (Å²) < 4.78 is 5.17. The van der Waals surface area contributed by atoms with E-state index in [0.29, 0.717) is 29.9 Å². The summed E-state index contributed by atoms with van der Waals surface area (Å²) in [4.78, 5) is 23.9. The topological polar surface area (TPSA) is 87.7 Å². The van der Waals surface area contributed by atoms with Crippen molar-refractivity contribution in [2.75, 3.05) is 6.61 Å². The Morgan fingerprint density at radius 1 is 1.43 bits per heavy atom. The minimum Gasteiger partial charge on any atom is -0.508 e. The van der Waals surface area contributed by atoms with Crippen molar-refractivity contribution >= 4 is 12.0 Å². The van der Waals surface area contributed by atoms with E-state index < -0.39 is 18.0 Å². The van der Waals surface area contributed by atoms with Gasteiger partial charge < -0.3 is 20.5 Å². The summed E-state index contributed by atoms with van der Waals surface area (Å²) in [6.07, 6.45) is 0.717. The molecule has 0 aromatic heterocycles. The van der Waals surface area contributed by atoms with Crippen LogP contribution in [-0.2, 0) is 9.53 Å². The predicted octanol–water partition coefficient (Wildman–Crippen LogP) is 1.97. The number of nitrogens with one attached hydrogen (secondary N) is 2. The van der Waals surface area contributed by atoms with Gasteiger partial charge in [-0.3, -0.25) is 0 Å². The van der Waals surface area contributed by atoms with E-state index >= 15 is 0 Å². The quantitative estimate of drug-likeness (QED) is 0.740. The summed E-state index contributed by atoms with van der Waals surface area (Å²) >= 11 is 0. The molecule has 0 bridgehead atoms. The van der Waals surface area contributed by atoms with Gasteiger partial charge in [-0.15, -0.1) is 0 Å². The molecule has 6 nitrogen and oxygen atoms in total. The second kappa shape index (κ2) is 6.30. The van der Waals surface area contributed by atoms with E-state index in [1.807, 2.05) is 6.92 Å².